The Labute approximate surface area is 192 Å². The number of nitrogens with one attached hydrogen (secondary N) is 1. The molecule has 1 saturated heterocycles. The summed E-state index contributed by atoms with van der Waals surface area (Å²) in [5.41, 5.74) is 2.94. The van der Waals surface area contributed by atoms with E-state index >= 15 is 0 Å². The van der Waals surface area contributed by atoms with Crippen LogP contribution in [0.2, 0.25) is 0 Å². The van der Waals surface area contributed by atoms with Gasteiger partial charge in [-0.25, -0.2) is 4.68 Å². The number of aryl methyl sites for hydroxylation is 2. The summed E-state index contributed by atoms with van der Waals surface area (Å²) in [5.74, 6) is -0.908. The molecule has 1 aliphatic rings. The Morgan fingerprint density at radius 2 is 1.79 bits per heavy atom. The molecule has 3 aromatic rings. The maximum absolute atomic E-state index is 13.1. The summed E-state index contributed by atoms with van der Waals surface area (Å²) in [6, 6.07) is 9.54. The maximum Gasteiger partial charge on any atom is 0.295 e. The second-order valence-corrected chi connectivity index (χ2v) is 8.47. The molecular formula is C24H28N6O3. The number of hydrogen-bond acceptors (Lipinski definition) is 5. The van der Waals surface area contributed by atoms with E-state index in [4.69, 9.17) is 0 Å². The molecule has 9 nitrogen and oxygen atoms in total. The third-order valence-corrected chi connectivity index (χ3v) is 6.13. The van der Waals surface area contributed by atoms with E-state index in [-0.39, 0.29) is 11.8 Å². The predicted molar refractivity (Wildman–Crippen MR) is 122 cm³/mol. The second-order valence-electron chi connectivity index (χ2n) is 8.47. The first-order valence-corrected chi connectivity index (χ1v) is 11.1. The zero-order valence-corrected chi connectivity index (χ0v) is 19.1. The Bertz CT molecular complexity index is 1170. The van der Waals surface area contributed by atoms with Crippen LogP contribution in [0.4, 0.5) is 0 Å². The molecule has 1 fully saturated rings. The second kappa shape index (κ2) is 9.40. The molecule has 0 bridgehead atoms. The average molecular weight is 449 g/mol. The topological polar surface area (TPSA) is 102 Å². The Morgan fingerprint density at radius 3 is 2.42 bits per heavy atom. The zero-order valence-electron chi connectivity index (χ0n) is 19.1. The molecular weight excluding hydrogens is 420 g/mol. The molecule has 2 amide bonds. The summed E-state index contributed by atoms with van der Waals surface area (Å²) in [4.78, 5) is 39.9. The molecule has 0 spiro atoms. The molecule has 0 saturated carbocycles. The largest absolute Gasteiger partial charge is 0.352 e. The van der Waals surface area contributed by atoms with Crippen LogP contribution in [0.15, 0.2) is 42.7 Å². The number of hydrogen-bond donors (Lipinski definition) is 1. The number of likely N-dealkylation sites (tertiary alicyclic amines) is 1. The standard InChI is InChI=1S/C24H28N6O3/c1-16-21(17(2)30(27-16)20-7-5-4-6-8-20)22(31)24(33)29-11-9-18(10-12-29)13-25-23(32)19-14-26-28(3)15-19/h4-8,14-15,18H,9-13H2,1-3H3,(H,25,32). The minimum Gasteiger partial charge on any atom is -0.352 e. The van der Waals surface area contributed by atoms with Crippen molar-refractivity contribution in [3.8, 4) is 5.69 Å². The minimum atomic E-state index is -0.518. The van der Waals surface area contributed by atoms with Crippen molar-refractivity contribution in [2.45, 2.75) is 26.7 Å². The van der Waals surface area contributed by atoms with Gasteiger partial charge in [0.2, 0.25) is 0 Å². The van der Waals surface area contributed by atoms with Gasteiger partial charge in [0.05, 0.1) is 34.4 Å². The summed E-state index contributed by atoms with van der Waals surface area (Å²) in [6.07, 6.45) is 4.67. The molecule has 9 heteroatoms. The number of carbonyl (C=O) groups is 3. The quantitative estimate of drug-likeness (QED) is 0.459. The Kier molecular flexibility index (Phi) is 6.39. The predicted octanol–water partition coefficient (Wildman–Crippen LogP) is 2.07. The molecule has 3 heterocycles. The molecule has 4 rings (SSSR count). The van der Waals surface area contributed by atoms with E-state index in [0.29, 0.717) is 42.1 Å². The Balaban J connectivity index is 1.35. The number of amides is 2. The summed E-state index contributed by atoms with van der Waals surface area (Å²) in [5, 5.41) is 11.4. The van der Waals surface area contributed by atoms with Gasteiger partial charge in [-0.2, -0.15) is 10.2 Å². The number of rotatable bonds is 6. The normalized spacial score (nSPS) is 14.3. The fraction of sp³-hybridized carbons (Fsp3) is 0.375. The van der Waals surface area contributed by atoms with Gasteiger partial charge < -0.3 is 10.2 Å². The van der Waals surface area contributed by atoms with E-state index in [1.807, 2.05) is 37.3 Å². The Morgan fingerprint density at radius 1 is 1.09 bits per heavy atom. The first kappa shape index (κ1) is 22.4. The van der Waals surface area contributed by atoms with Gasteiger partial charge in [-0.1, -0.05) is 18.2 Å². The van der Waals surface area contributed by atoms with Crippen LogP contribution in [0.3, 0.4) is 0 Å². The number of piperidine rings is 1. The molecule has 0 atom stereocenters. The van der Waals surface area contributed by atoms with Crippen LogP contribution >= 0.6 is 0 Å². The molecule has 0 aliphatic carbocycles. The number of nitrogens with zero attached hydrogens (tertiary/aromatic N) is 5. The molecule has 1 N–H and O–H groups in total. The monoisotopic (exact) mass is 448 g/mol. The van der Waals surface area contributed by atoms with E-state index in [0.717, 1.165) is 18.5 Å². The molecule has 1 aliphatic heterocycles. The molecule has 0 radical (unpaired) electrons. The van der Waals surface area contributed by atoms with Crippen molar-refractivity contribution in [1.29, 1.82) is 0 Å². The fourth-order valence-electron chi connectivity index (χ4n) is 4.26. The molecule has 1 aromatic carbocycles. The van der Waals surface area contributed by atoms with Gasteiger partial charge in [0.15, 0.2) is 0 Å². The van der Waals surface area contributed by atoms with Crippen molar-refractivity contribution in [1.82, 2.24) is 29.8 Å². The number of ketones is 1. The third-order valence-electron chi connectivity index (χ3n) is 6.13. The third kappa shape index (κ3) is 4.72. The van der Waals surface area contributed by atoms with E-state index in [9.17, 15) is 14.4 Å². The van der Waals surface area contributed by atoms with Gasteiger partial charge in [-0.15, -0.1) is 0 Å². The van der Waals surface area contributed by atoms with Gasteiger partial charge in [0.25, 0.3) is 17.6 Å². The van der Waals surface area contributed by atoms with E-state index in [1.165, 1.54) is 6.20 Å². The van der Waals surface area contributed by atoms with Crippen molar-refractivity contribution in [2.24, 2.45) is 13.0 Å². The summed E-state index contributed by atoms with van der Waals surface area (Å²) >= 11 is 0. The first-order valence-electron chi connectivity index (χ1n) is 11.1. The summed E-state index contributed by atoms with van der Waals surface area (Å²) in [7, 11) is 1.76. The van der Waals surface area contributed by atoms with Gasteiger partial charge in [-0.05, 0) is 44.7 Å². The summed E-state index contributed by atoms with van der Waals surface area (Å²) < 4.78 is 3.29. The molecule has 33 heavy (non-hydrogen) atoms. The SMILES string of the molecule is Cc1nn(-c2ccccc2)c(C)c1C(=O)C(=O)N1CCC(CNC(=O)c2cnn(C)c2)CC1. The van der Waals surface area contributed by atoms with Gasteiger partial charge >= 0.3 is 0 Å². The molecule has 172 valence electrons. The van der Waals surface area contributed by atoms with Crippen LogP contribution in [0.5, 0.6) is 0 Å². The average Bonchev–Trinajstić information content (AvgIpc) is 3.40. The highest BCUT2D eigenvalue weighted by molar-refractivity contribution is 6.43. The number of Topliss-reactive ketones (excluding diaryl/α,β-unsaturated/α-hetero) is 1. The van der Waals surface area contributed by atoms with Crippen molar-refractivity contribution >= 4 is 17.6 Å². The lowest BCUT2D eigenvalue weighted by Gasteiger charge is -2.31. The zero-order chi connectivity index (χ0) is 23.5. The van der Waals surface area contributed by atoms with E-state index in [1.54, 1.807) is 34.4 Å². The minimum absolute atomic E-state index is 0.154. The molecule has 2 aromatic heterocycles. The van der Waals surface area contributed by atoms with Gasteiger partial charge in [0, 0.05) is 32.9 Å². The van der Waals surface area contributed by atoms with Crippen molar-refractivity contribution < 1.29 is 14.4 Å². The highest BCUT2D eigenvalue weighted by atomic mass is 16.2. The van der Waals surface area contributed by atoms with Crippen LogP contribution < -0.4 is 5.32 Å². The van der Waals surface area contributed by atoms with Crippen LogP contribution in [0.25, 0.3) is 5.69 Å². The first-order chi connectivity index (χ1) is 15.8. The van der Waals surface area contributed by atoms with E-state index in [2.05, 4.69) is 15.5 Å². The lowest BCUT2D eigenvalue weighted by Crippen LogP contribution is -2.44. The lowest BCUT2D eigenvalue weighted by atomic mass is 9.96. The maximum atomic E-state index is 13.1. The number of benzene rings is 1. The van der Waals surface area contributed by atoms with E-state index < -0.39 is 11.7 Å². The Hall–Kier alpha value is -3.75. The highest BCUT2D eigenvalue weighted by Gasteiger charge is 2.31. The van der Waals surface area contributed by atoms with Crippen molar-refractivity contribution in [3.05, 3.63) is 65.2 Å². The molecule has 0 unspecified atom stereocenters. The van der Waals surface area contributed by atoms with Crippen LogP contribution in [-0.4, -0.2) is 61.7 Å². The highest BCUT2D eigenvalue weighted by Crippen LogP contribution is 2.22. The fourth-order valence-corrected chi connectivity index (χ4v) is 4.26. The van der Waals surface area contributed by atoms with Gasteiger partial charge in [0.1, 0.15) is 0 Å². The van der Waals surface area contributed by atoms with Crippen LogP contribution in [-0.2, 0) is 11.8 Å². The summed E-state index contributed by atoms with van der Waals surface area (Å²) in [6.45, 7) is 5.08. The van der Waals surface area contributed by atoms with Crippen LogP contribution in [0, 0.1) is 19.8 Å². The smallest absolute Gasteiger partial charge is 0.295 e. The lowest BCUT2D eigenvalue weighted by molar-refractivity contribution is -0.127. The van der Waals surface area contributed by atoms with Crippen molar-refractivity contribution in [2.75, 3.05) is 19.6 Å². The van der Waals surface area contributed by atoms with Gasteiger partial charge in [-0.3, -0.25) is 19.1 Å². The van der Waals surface area contributed by atoms with Crippen LogP contribution in [0.1, 0.15) is 44.9 Å². The van der Waals surface area contributed by atoms with Crippen molar-refractivity contribution in [3.63, 3.8) is 0 Å². The number of aromatic nitrogens is 4. The number of para-hydroxylation sites is 1. The number of carbonyl (C=O) groups excluding carboxylic acids is 3.